The maximum Gasteiger partial charge on any atom is 0.258 e. The van der Waals surface area contributed by atoms with E-state index < -0.39 is 0 Å². The van der Waals surface area contributed by atoms with Crippen molar-refractivity contribution < 1.29 is 14.3 Å². The second kappa shape index (κ2) is 6.07. The number of rotatable bonds is 5. The Labute approximate surface area is 111 Å². The van der Waals surface area contributed by atoms with Crippen molar-refractivity contribution in [3.8, 4) is 17.6 Å². The third kappa shape index (κ3) is 3.14. The van der Waals surface area contributed by atoms with Crippen LogP contribution in [0, 0.1) is 11.3 Å². The fourth-order valence-corrected chi connectivity index (χ4v) is 1.86. The predicted molar refractivity (Wildman–Crippen MR) is 67.9 cm³/mol. The van der Waals surface area contributed by atoms with Crippen LogP contribution in [0.25, 0.3) is 0 Å². The number of nitrogens with one attached hydrogen (secondary N) is 2. The minimum absolute atomic E-state index is 0.0145. The zero-order chi connectivity index (χ0) is 13.7. The standard InChI is InChI=1S/C13H15N3O3/c1-15-11-7-19-12-6-9(2-3-10(11)12)18-8-13(17)16-5-4-14/h2-3,6,11,15H,5,7-8H2,1H3,(H,16,17). The Hall–Kier alpha value is -2.26. The summed E-state index contributed by atoms with van der Waals surface area (Å²) in [6.45, 7) is 0.465. The lowest BCUT2D eigenvalue weighted by Crippen LogP contribution is -2.29. The van der Waals surface area contributed by atoms with Crippen molar-refractivity contribution in [3.63, 3.8) is 0 Å². The summed E-state index contributed by atoms with van der Waals surface area (Å²) in [5, 5.41) is 13.9. The first-order valence-electron chi connectivity index (χ1n) is 5.95. The third-order valence-corrected chi connectivity index (χ3v) is 2.85. The van der Waals surface area contributed by atoms with E-state index in [0.29, 0.717) is 12.4 Å². The van der Waals surface area contributed by atoms with Gasteiger partial charge in [0.05, 0.1) is 12.1 Å². The van der Waals surface area contributed by atoms with Gasteiger partial charge in [0.15, 0.2) is 6.61 Å². The average molecular weight is 261 g/mol. The van der Waals surface area contributed by atoms with Crippen molar-refractivity contribution in [1.29, 1.82) is 5.26 Å². The van der Waals surface area contributed by atoms with Crippen molar-refractivity contribution in [2.75, 3.05) is 26.8 Å². The minimum Gasteiger partial charge on any atom is -0.491 e. The van der Waals surface area contributed by atoms with E-state index in [0.717, 1.165) is 11.3 Å². The molecule has 100 valence electrons. The second-order valence-electron chi connectivity index (χ2n) is 4.08. The molecule has 0 aliphatic carbocycles. The lowest BCUT2D eigenvalue weighted by Gasteiger charge is -2.08. The Morgan fingerprint density at radius 1 is 1.63 bits per heavy atom. The predicted octanol–water partition coefficient (Wildman–Crippen LogP) is 0.358. The highest BCUT2D eigenvalue weighted by Crippen LogP contribution is 2.34. The molecule has 6 nitrogen and oxygen atoms in total. The number of hydrogen-bond acceptors (Lipinski definition) is 5. The molecule has 0 saturated heterocycles. The number of likely N-dealkylation sites (N-methyl/N-ethyl adjacent to an activating group) is 1. The SMILES string of the molecule is CNC1COc2cc(OCC(=O)NCC#N)ccc21. The topological polar surface area (TPSA) is 83.4 Å². The van der Waals surface area contributed by atoms with Gasteiger partial charge in [-0.3, -0.25) is 4.79 Å². The average Bonchev–Trinajstić information content (AvgIpc) is 2.85. The molecule has 2 rings (SSSR count). The number of carbonyl (C=O) groups is 1. The lowest BCUT2D eigenvalue weighted by atomic mass is 10.1. The molecule has 1 aromatic rings. The normalized spacial score (nSPS) is 16.1. The Bertz CT molecular complexity index is 510. The van der Waals surface area contributed by atoms with E-state index in [4.69, 9.17) is 14.7 Å². The number of hydrogen-bond donors (Lipinski definition) is 2. The summed E-state index contributed by atoms with van der Waals surface area (Å²) in [6.07, 6.45) is 0. The van der Waals surface area contributed by atoms with Crippen LogP contribution in [-0.4, -0.2) is 32.7 Å². The summed E-state index contributed by atoms with van der Waals surface area (Å²) in [7, 11) is 1.88. The summed E-state index contributed by atoms with van der Waals surface area (Å²) in [6, 6.07) is 7.52. The monoisotopic (exact) mass is 261 g/mol. The van der Waals surface area contributed by atoms with Crippen LogP contribution in [0.1, 0.15) is 11.6 Å². The molecule has 19 heavy (non-hydrogen) atoms. The van der Waals surface area contributed by atoms with Crippen molar-refractivity contribution >= 4 is 5.91 Å². The van der Waals surface area contributed by atoms with E-state index in [1.807, 2.05) is 19.2 Å². The number of fused-ring (bicyclic) bond motifs is 1. The fraction of sp³-hybridized carbons (Fsp3) is 0.385. The highest BCUT2D eigenvalue weighted by atomic mass is 16.5. The van der Waals surface area contributed by atoms with Gasteiger partial charge in [0.1, 0.15) is 24.7 Å². The van der Waals surface area contributed by atoms with Gasteiger partial charge >= 0.3 is 0 Å². The number of nitrogens with zero attached hydrogens (tertiary/aromatic N) is 1. The smallest absolute Gasteiger partial charge is 0.258 e. The maximum absolute atomic E-state index is 11.3. The van der Waals surface area contributed by atoms with Crippen molar-refractivity contribution in [2.45, 2.75) is 6.04 Å². The molecular formula is C13H15N3O3. The molecule has 1 aromatic carbocycles. The Morgan fingerprint density at radius 3 is 3.21 bits per heavy atom. The third-order valence-electron chi connectivity index (χ3n) is 2.85. The van der Waals surface area contributed by atoms with Crippen LogP contribution in [0.3, 0.4) is 0 Å². The first-order valence-corrected chi connectivity index (χ1v) is 5.95. The van der Waals surface area contributed by atoms with Gasteiger partial charge in [-0.25, -0.2) is 0 Å². The molecule has 0 aromatic heterocycles. The van der Waals surface area contributed by atoms with Crippen molar-refractivity contribution in [2.24, 2.45) is 0 Å². The number of carbonyl (C=O) groups excluding carboxylic acids is 1. The van der Waals surface area contributed by atoms with Crippen LogP contribution in [-0.2, 0) is 4.79 Å². The van der Waals surface area contributed by atoms with Crippen LogP contribution in [0.15, 0.2) is 18.2 Å². The van der Waals surface area contributed by atoms with Crippen LogP contribution in [0.5, 0.6) is 11.5 Å². The highest BCUT2D eigenvalue weighted by molar-refractivity contribution is 5.77. The number of benzene rings is 1. The van der Waals surface area contributed by atoms with Gasteiger partial charge in [-0.05, 0) is 19.2 Å². The van der Waals surface area contributed by atoms with Crippen molar-refractivity contribution in [3.05, 3.63) is 23.8 Å². The van der Waals surface area contributed by atoms with Gasteiger partial charge in [0.25, 0.3) is 5.91 Å². The van der Waals surface area contributed by atoms with Gasteiger partial charge in [-0.1, -0.05) is 0 Å². The fourth-order valence-electron chi connectivity index (χ4n) is 1.86. The summed E-state index contributed by atoms with van der Waals surface area (Å²) in [5.41, 5.74) is 1.09. The van der Waals surface area contributed by atoms with Gasteiger partial charge < -0.3 is 20.1 Å². The molecule has 0 saturated carbocycles. The minimum atomic E-state index is -0.323. The molecule has 1 aliphatic heterocycles. The number of ether oxygens (including phenoxy) is 2. The molecule has 0 bridgehead atoms. The second-order valence-corrected chi connectivity index (χ2v) is 4.08. The molecule has 1 heterocycles. The Morgan fingerprint density at radius 2 is 2.47 bits per heavy atom. The summed E-state index contributed by atoms with van der Waals surface area (Å²) in [5.74, 6) is 1.02. The zero-order valence-corrected chi connectivity index (χ0v) is 10.6. The number of nitriles is 1. The van der Waals surface area contributed by atoms with Crippen LogP contribution < -0.4 is 20.1 Å². The summed E-state index contributed by atoms with van der Waals surface area (Å²) in [4.78, 5) is 11.3. The van der Waals surface area contributed by atoms with E-state index in [2.05, 4.69) is 10.6 Å². The van der Waals surface area contributed by atoms with Crippen LogP contribution in [0.2, 0.25) is 0 Å². The van der Waals surface area contributed by atoms with Gasteiger partial charge in [-0.2, -0.15) is 5.26 Å². The largest absolute Gasteiger partial charge is 0.491 e. The quantitative estimate of drug-likeness (QED) is 0.748. The van der Waals surface area contributed by atoms with Crippen LogP contribution >= 0.6 is 0 Å². The van der Waals surface area contributed by atoms with Crippen LogP contribution in [0.4, 0.5) is 0 Å². The summed E-state index contributed by atoms with van der Waals surface area (Å²) >= 11 is 0. The zero-order valence-electron chi connectivity index (χ0n) is 10.6. The van der Waals surface area contributed by atoms with Crippen molar-refractivity contribution in [1.82, 2.24) is 10.6 Å². The molecule has 1 unspecified atom stereocenters. The molecule has 1 atom stereocenters. The lowest BCUT2D eigenvalue weighted by molar-refractivity contribution is -0.122. The molecule has 6 heteroatoms. The molecule has 1 aliphatic rings. The molecule has 1 amide bonds. The first kappa shape index (κ1) is 13.2. The molecule has 0 spiro atoms. The van der Waals surface area contributed by atoms with E-state index in [9.17, 15) is 4.79 Å². The van der Waals surface area contributed by atoms with E-state index in [-0.39, 0.29) is 25.1 Å². The molecular weight excluding hydrogens is 246 g/mol. The highest BCUT2D eigenvalue weighted by Gasteiger charge is 2.22. The Balaban J connectivity index is 1.93. The number of amides is 1. The van der Waals surface area contributed by atoms with Gasteiger partial charge in [-0.15, -0.1) is 0 Å². The summed E-state index contributed by atoms with van der Waals surface area (Å²) < 4.78 is 10.9. The van der Waals surface area contributed by atoms with E-state index in [1.54, 1.807) is 12.1 Å². The molecule has 0 radical (unpaired) electrons. The van der Waals surface area contributed by atoms with E-state index >= 15 is 0 Å². The first-order chi connectivity index (χ1) is 9.24. The van der Waals surface area contributed by atoms with Gasteiger partial charge in [0, 0.05) is 11.6 Å². The maximum atomic E-state index is 11.3. The van der Waals surface area contributed by atoms with E-state index in [1.165, 1.54) is 0 Å². The Kier molecular flexibility index (Phi) is 4.21. The molecule has 2 N–H and O–H groups in total. The molecule has 0 fully saturated rings. The van der Waals surface area contributed by atoms with Gasteiger partial charge in [0.2, 0.25) is 0 Å².